The van der Waals surface area contributed by atoms with Crippen LogP contribution in [0.5, 0.6) is 5.75 Å². The van der Waals surface area contributed by atoms with Crippen molar-refractivity contribution >= 4 is 11.5 Å². The van der Waals surface area contributed by atoms with Crippen LogP contribution in [0.4, 0.5) is 18.9 Å². The van der Waals surface area contributed by atoms with Gasteiger partial charge in [0.1, 0.15) is 17.6 Å². The molecule has 1 unspecified atom stereocenters. The highest BCUT2D eigenvalue weighted by Crippen LogP contribution is 2.33. The molecule has 0 saturated carbocycles. The Balaban J connectivity index is 1.60. The molecule has 2 aromatic rings. The molecule has 0 radical (unpaired) electrons. The zero-order valence-corrected chi connectivity index (χ0v) is 16.7. The normalized spacial score (nSPS) is 18.0. The van der Waals surface area contributed by atoms with Crippen LogP contribution in [0.3, 0.4) is 0 Å². The van der Waals surface area contributed by atoms with Crippen LogP contribution in [0.25, 0.3) is 0 Å². The molecule has 6 heteroatoms. The van der Waals surface area contributed by atoms with E-state index in [-0.39, 0.29) is 17.8 Å². The van der Waals surface area contributed by atoms with E-state index in [1.165, 1.54) is 12.1 Å². The lowest BCUT2D eigenvalue weighted by atomic mass is 9.94. The van der Waals surface area contributed by atoms with Crippen LogP contribution in [-0.4, -0.2) is 25.0 Å². The molecule has 1 aliphatic heterocycles. The minimum atomic E-state index is -4.34. The van der Waals surface area contributed by atoms with Gasteiger partial charge >= 0.3 is 6.18 Å². The maximum atomic E-state index is 12.9. The Morgan fingerprint density at radius 3 is 2.59 bits per heavy atom. The molecule has 156 valence electrons. The summed E-state index contributed by atoms with van der Waals surface area (Å²) < 4.78 is 44.8. The average molecular weight is 405 g/mol. The SMILES string of the molecule is CCCC(=O)C(C)c1ccc(O[C@@H]2CCN(c3cccc(C(F)(F)F)c3)C2)cc1. The predicted octanol–water partition coefficient (Wildman–Crippen LogP) is 5.84. The molecule has 2 atom stereocenters. The summed E-state index contributed by atoms with van der Waals surface area (Å²) in [5.74, 6) is 0.806. The van der Waals surface area contributed by atoms with Gasteiger partial charge in [0, 0.05) is 31.0 Å². The number of Topliss-reactive ketones (excluding diaryl/α,β-unsaturated/α-hetero) is 1. The first-order valence-corrected chi connectivity index (χ1v) is 9.99. The fourth-order valence-electron chi connectivity index (χ4n) is 3.61. The maximum Gasteiger partial charge on any atom is 0.416 e. The van der Waals surface area contributed by atoms with Crippen LogP contribution >= 0.6 is 0 Å². The lowest BCUT2D eigenvalue weighted by Crippen LogP contribution is -2.24. The average Bonchev–Trinajstić information content (AvgIpc) is 3.16. The summed E-state index contributed by atoms with van der Waals surface area (Å²) in [6.45, 7) is 5.09. The van der Waals surface area contributed by atoms with Crippen molar-refractivity contribution in [2.75, 3.05) is 18.0 Å². The molecular formula is C23H26F3NO2. The molecule has 0 amide bonds. The van der Waals surface area contributed by atoms with Gasteiger partial charge < -0.3 is 9.64 Å². The molecule has 1 heterocycles. The Morgan fingerprint density at radius 2 is 1.93 bits per heavy atom. The number of rotatable bonds is 7. The van der Waals surface area contributed by atoms with Gasteiger partial charge in [-0.05, 0) is 42.3 Å². The zero-order chi connectivity index (χ0) is 21.0. The van der Waals surface area contributed by atoms with Gasteiger partial charge in [-0.15, -0.1) is 0 Å². The monoisotopic (exact) mass is 405 g/mol. The summed E-state index contributed by atoms with van der Waals surface area (Å²) in [6, 6.07) is 12.9. The van der Waals surface area contributed by atoms with E-state index in [0.29, 0.717) is 30.9 Å². The van der Waals surface area contributed by atoms with Crippen LogP contribution in [0.15, 0.2) is 48.5 Å². The largest absolute Gasteiger partial charge is 0.489 e. The van der Waals surface area contributed by atoms with Crippen molar-refractivity contribution < 1.29 is 22.7 Å². The van der Waals surface area contributed by atoms with E-state index in [1.54, 1.807) is 6.07 Å². The summed E-state index contributed by atoms with van der Waals surface area (Å²) in [6.07, 6.45) is -2.28. The highest BCUT2D eigenvalue weighted by atomic mass is 19.4. The predicted molar refractivity (Wildman–Crippen MR) is 107 cm³/mol. The summed E-state index contributed by atoms with van der Waals surface area (Å²) in [4.78, 5) is 14.0. The molecule has 3 nitrogen and oxygen atoms in total. The van der Waals surface area contributed by atoms with Crippen LogP contribution < -0.4 is 9.64 Å². The highest BCUT2D eigenvalue weighted by molar-refractivity contribution is 5.85. The van der Waals surface area contributed by atoms with E-state index < -0.39 is 11.7 Å². The molecule has 2 aromatic carbocycles. The quantitative estimate of drug-likeness (QED) is 0.580. The fourth-order valence-corrected chi connectivity index (χ4v) is 3.61. The molecule has 1 saturated heterocycles. The van der Waals surface area contributed by atoms with Crippen LogP contribution in [0.1, 0.15) is 50.2 Å². The molecule has 0 spiro atoms. The molecule has 0 N–H and O–H groups in total. The molecule has 3 rings (SSSR count). The van der Waals surface area contributed by atoms with E-state index in [1.807, 2.05) is 43.0 Å². The first-order valence-electron chi connectivity index (χ1n) is 9.99. The van der Waals surface area contributed by atoms with Gasteiger partial charge in [-0.3, -0.25) is 4.79 Å². The second kappa shape index (κ2) is 8.89. The summed E-state index contributed by atoms with van der Waals surface area (Å²) in [7, 11) is 0. The van der Waals surface area contributed by atoms with Gasteiger partial charge in [0.15, 0.2) is 0 Å². The first kappa shape index (κ1) is 21.2. The first-order chi connectivity index (χ1) is 13.8. The minimum Gasteiger partial charge on any atom is -0.489 e. The van der Waals surface area contributed by atoms with Gasteiger partial charge in [0.2, 0.25) is 0 Å². The Bertz CT molecular complexity index is 833. The van der Waals surface area contributed by atoms with Crippen molar-refractivity contribution in [3.63, 3.8) is 0 Å². The van der Waals surface area contributed by atoms with Crippen molar-refractivity contribution in [3.8, 4) is 5.75 Å². The Kier molecular flexibility index (Phi) is 6.50. The fraction of sp³-hybridized carbons (Fsp3) is 0.435. The maximum absolute atomic E-state index is 12.9. The molecular weight excluding hydrogens is 379 g/mol. The number of carbonyl (C=O) groups is 1. The van der Waals surface area contributed by atoms with Crippen molar-refractivity contribution in [1.82, 2.24) is 0 Å². The van der Waals surface area contributed by atoms with Crippen molar-refractivity contribution in [1.29, 1.82) is 0 Å². The standard InChI is InChI=1S/C23H26F3NO2/c1-3-5-22(28)16(2)17-8-10-20(11-9-17)29-21-12-13-27(15-21)19-7-4-6-18(14-19)23(24,25)26/h4,6-11,14,16,21H,3,5,12-13,15H2,1-2H3/t16?,21-/m1/s1. The number of benzene rings is 2. The van der Waals surface area contributed by atoms with E-state index in [9.17, 15) is 18.0 Å². The Labute approximate surface area is 169 Å². The van der Waals surface area contributed by atoms with Crippen LogP contribution in [0.2, 0.25) is 0 Å². The molecule has 0 bridgehead atoms. The molecule has 0 aromatic heterocycles. The van der Waals surface area contributed by atoms with Crippen molar-refractivity contribution in [2.24, 2.45) is 0 Å². The third kappa shape index (κ3) is 5.31. The number of alkyl halides is 3. The minimum absolute atomic E-state index is 0.0884. The van der Waals surface area contributed by atoms with E-state index >= 15 is 0 Å². The second-order valence-corrected chi connectivity index (χ2v) is 7.53. The summed E-state index contributed by atoms with van der Waals surface area (Å²) in [5.41, 5.74) is 0.888. The molecule has 1 fully saturated rings. The lowest BCUT2D eigenvalue weighted by molar-refractivity contribution is -0.137. The number of carbonyl (C=O) groups excluding carboxylic acids is 1. The Morgan fingerprint density at radius 1 is 1.21 bits per heavy atom. The zero-order valence-electron chi connectivity index (χ0n) is 16.7. The number of ketones is 1. The molecule has 1 aliphatic rings. The number of hydrogen-bond acceptors (Lipinski definition) is 3. The second-order valence-electron chi connectivity index (χ2n) is 7.53. The van der Waals surface area contributed by atoms with E-state index in [2.05, 4.69) is 0 Å². The smallest absolute Gasteiger partial charge is 0.416 e. The summed E-state index contributed by atoms with van der Waals surface area (Å²) >= 11 is 0. The number of ether oxygens (including phenoxy) is 1. The number of anilines is 1. The van der Waals surface area contributed by atoms with Gasteiger partial charge in [-0.1, -0.05) is 32.0 Å². The molecule has 29 heavy (non-hydrogen) atoms. The molecule has 0 aliphatic carbocycles. The third-order valence-electron chi connectivity index (χ3n) is 5.35. The van der Waals surface area contributed by atoms with Crippen molar-refractivity contribution in [2.45, 2.75) is 51.3 Å². The van der Waals surface area contributed by atoms with Crippen molar-refractivity contribution in [3.05, 3.63) is 59.7 Å². The van der Waals surface area contributed by atoms with E-state index in [0.717, 1.165) is 24.5 Å². The number of halogens is 3. The van der Waals surface area contributed by atoms with E-state index in [4.69, 9.17) is 4.74 Å². The van der Waals surface area contributed by atoms with Crippen LogP contribution in [-0.2, 0) is 11.0 Å². The van der Waals surface area contributed by atoms with Gasteiger partial charge in [-0.25, -0.2) is 0 Å². The third-order valence-corrected chi connectivity index (χ3v) is 5.35. The summed E-state index contributed by atoms with van der Waals surface area (Å²) in [5, 5.41) is 0. The Hall–Kier alpha value is -2.50. The van der Waals surface area contributed by atoms with Gasteiger partial charge in [0.05, 0.1) is 12.1 Å². The van der Waals surface area contributed by atoms with Gasteiger partial charge in [0.25, 0.3) is 0 Å². The number of hydrogen-bond donors (Lipinski definition) is 0. The lowest BCUT2D eigenvalue weighted by Gasteiger charge is -2.20. The number of nitrogens with zero attached hydrogens (tertiary/aromatic N) is 1. The van der Waals surface area contributed by atoms with Crippen LogP contribution in [0, 0.1) is 0 Å². The van der Waals surface area contributed by atoms with Gasteiger partial charge in [-0.2, -0.15) is 13.2 Å². The highest BCUT2D eigenvalue weighted by Gasteiger charge is 2.32. The topological polar surface area (TPSA) is 29.5 Å².